The molecular weight excluding hydrogens is 252 g/mol. The van der Waals surface area contributed by atoms with Crippen molar-refractivity contribution in [2.24, 2.45) is 11.8 Å². The summed E-state index contributed by atoms with van der Waals surface area (Å²) < 4.78 is 10.9. The lowest BCUT2D eigenvalue weighted by Gasteiger charge is -2.23. The largest absolute Gasteiger partial charge is 0.497 e. The molecule has 0 fully saturated rings. The van der Waals surface area contributed by atoms with E-state index in [1.807, 2.05) is 24.3 Å². The Kier molecular flexibility index (Phi) is 4.48. The lowest BCUT2D eigenvalue weighted by molar-refractivity contribution is -0.145. The van der Waals surface area contributed by atoms with Crippen molar-refractivity contribution in [2.45, 2.75) is 33.3 Å². The van der Waals surface area contributed by atoms with Gasteiger partial charge in [-0.15, -0.1) is 0 Å². The number of ether oxygens (including phenoxy) is 2. The number of cyclic esters (lactones) is 1. The van der Waals surface area contributed by atoms with Crippen molar-refractivity contribution in [3.63, 3.8) is 0 Å². The minimum absolute atomic E-state index is 0.218. The predicted octanol–water partition coefficient (Wildman–Crippen LogP) is 3.90. The molecule has 2 atom stereocenters. The van der Waals surface area contributed by atoms with Crippen LogP contribution in [0.25, 0.3) is 0 Å². The van der Waals surface area contributed by atoms with E-state index in [2.05, 4.69) is 20.8 Å². The maximum atomic E-state index is 12.0. The molecule has 0 aliphatic carbocycles. The van der Waals surface area contributed by atoms with E-state index < -0.39 is 0 Å². The minimum atomic E-state index is -0.245. The Hall–Kier alpha value is -1.77. The Morgan fingerprint density at radius 1 is 1.35 bits per heavy atom. The summed E-state index contributed by atoms with van der Waals surface area (Å²) in [6.45, 7) is 6.34. The number of hydrogen-bond acceptors (Lipinski definition) is 3. The number of allylic oxidation sites excluding steroid dienone is 1. The zero-order chi connectivity index (χ0) is 14.7. The number of esters is 1. The molecule has 0 saturated heterocycles. The second kappa shape index (κ2) is 6.12. The van der Waals surface area contributed by atoms with Gasteiger partial charge in [0.25, 0.3) is 0 Å². The minimum Gasteiger partial charge on any atom is -0.497 e. The van der Waals surface area contributed by atoms with E-state index in [1.165, 1.54) is 0 Å². The lowest BCUT2D eigenvalue weighted by atomic mass is 9.88. The van der Waals surface area contributed by atoms with Crippen LogP contribution in [0.3, 0.4) is 0 Å². The van der Waals surface area contributed by atoms with Crippen LogP contribution in [0, 0.1) is 11.8 Å². The Bertz CT molecular complexity index is 517. The molecule has 108 valence electrons. The van der Waals surface area contributed by atoms with Gasteiger partial charge in [-0.05, 0) is 30.0 Å². The third-order valence-electron chi connectivity index (χ3n) is 3.78. The SMILES string of the molecule is COc1cccc([C@H]2OC(=O)C=C(C(C)C)C[C@H]2C)c1. The monoisotopic (exact) mass is 274 g/mol. The highest BCUT2D eigenvalue weighted by Crippen LogP contribution is 2.36. The van der Waals surface area contributed by atoms with Gasteiger partial charge < -0.3 is 9.47 Å². The molecule has 1 aliphatic heterocycles. The summed E-state index contributed by atoms with van der Waals surface area (Å²) in [5.74, 6) is 1.16. The molecule has 0 amide bonds. The summed E-state index contributed by atoms with van der Waals surface area (Å²) in [5, 5.41) is 0. The average molecular weight is 274 g/mol. The van der Waals surface area contributed by atoms with Crippen molar-refractivity contribution in [1.82, 2.24) is 0 Å². The molecule has 1 aliphatic rings. The Morgan fingerprint density at radius 3 is 2.75 bits per heavy atom. The van der Waals surface area contributed by atoms with Gasteiger partial charge >= 0.3 is 5.97 Å². The smallest absolute Gasteiger partial charge is 0.331 e. The standard InChI is InChI=1S/C17H22O3/c1-11(2)14-8-12(3)17(20-16(18)10-14)13-6-5-7-15(9-13)19-4/h5-7,9-12,17H,8H2,1-4H3/t12-,17+/m1/s1. The quantitative estimate of drug-likeness (QED) is 0.784. The number of methoxy groups -OCH3 is 1. The van der Waals surface area contributed by atoms with E-state index in [-0.39, 0.29) is 18.0 Å². The summed E-state index contributed by atoms with van der Waals surface area (Å²) in [5.41, 5.74) is 2.15. The summed E-state index contributed by atoms with van der Waals surface area (Å²) in [6, 6.07) is 7.74. The van der Waals surface area contributed by atoms with Gasteiger partial charge in [0.1, 0.15) is 11.9 Å². The van der Waals surface area contributed by atoms with Crippen LogP contribution in [0.2, 0.25) is 0 Å². The summed E-state index contributed by atoms with van der Waals surface area (Å²) >= 11 is 0. The van der Waals surface area contributed by atoms with E-state index in [0.717, 1.165) is 23.3 Å². The summed E-state index contributed by atoms with van der Waals surface area (Å²) in [6.07, 6.45) is 2.32. The van der Waals surface area contributed by atoms with Crippen molar-refractivity contribution < 1.29 is 14.3 Å². The predicted molar refractivity (Wildman–Crippen MR) is 78.5 cm³/mol. The topological polar surface area (TPSA) is 35.5 Å². The van der Waals surface area contributed by atoms with Crippen molar-refractivity contribution in [2.75, 3.05) is 7.11 Å². The zero-order valence-electron chi connectivity index (χ0n) is 12.6. The van der Waals surface area contributed by atoms with Gasteiger partial charge in [0.15, 0.2) is 0 Å². The second-order valence-electron chi connectivity index (χ2n) is 5.69. The zero-order valence-corrected chi connectivity index (χ0v) is 12.6. The highest BCUT2D eigenvalue weighted by molar-refractivity contribution is 5.83. The van der Waals surface area contributed by atoms with E-state index in [1.54, 1.807) is 13.2 Å². The van der Waals surface area contributed by atoms with E-state index in [0.29, 0.717) is 5.92 Å². The first-order valence-electron chi connectivity index (χ1n) is 7.06. The van der Waals surface area contributed by atoms with Crippen LogP contribution in [0.1, 0.15) is 38.9 Å². The van der Waals surface area contributed by atoms with Crippen LogP contribution in [0.4, 0.5) is 0 Å². The van der Waals surface area contributed by atoms with Crippen molar-refractivity contribution in [1.29, 1.82) is 0 Å². The molecule has 0 radical (unpaired) electrons. The molecular formula is C17H22O3. The maximum Gasteiger partial charge on any atom is 0.331 e. The fourth-order valence-corrected chi connectivity index (χ4v) is 2.58. The number of carbonyl (C=O) groups is 1. The Morgan fingerprint density at radius 2 is 2.10 bits per heavy atom. The first-order chi connectivity index (χ1) is 9.51. The maximum absolute atomic E-state index is 12.0. The van der Waals surface area contributed by atoms with Crippen LogP contribution in [-0.4, -0.2) is 13.1 Å². The first kappa shape index (κ1) is 14.6. The van der Waals surface area contributed by atoms with Crippen LogP contribution in [0.15, 0.2) is 35.9 Å². The second-order valence-corrected chi connectivity index (χ2v) is 5.69. The molecule has 1 aromatic rings. The van der Waals surface area contributed by atoms with Crippen LogP contribution < -0.4 is 4.74 Å². The highest BCUT2D eigenvalue weighted by atomic mass is 16.5. The number of rotatable bonds is 3. The molecule has 3 nitrogen and oxygen atoms in total. The van der Waals surface area contributed by atoms with Crippen molar-refractivity contribution in [3.05, 3.63) is 41.5 Å². The van der Waals surface area contributed by atoms with Gasteiger partial charge in [-0.25, -0.2) is 4.79 Å². The molecule has 1 aromatic carbocycles. The number of hydrogen-bond donors (Lipinski definition) is 0. The van der Waals surface area contributed by atoms with Gasteiger partial charge in [0.05, 0.1) is 7.11 Å². The van der Waals surface area contributed by atoms with Gasteiger partial charge in [-0.1, -0.05) is 38.5 Å². The number of benzene rings is 1. The third-order valence-corrected chi connectivity index (χ3v) is 3.78. The molecule has 3 heteroatoms. The molecule has 0 bridgehead atoms. The normalized spacial score (nSPS) is 23.1. The van der Waals surface area contributed by atoms with Gasteiger partial charge in [0, 0.05) is 12.0 Å². The van der Waals surface area contributed by atoms with E-state index in [9.17, 15) is 4.79 Å². The van der Waals surface area contributed by atoms with Gasteiger partial charge in [-0.2, -0.15) is 0 Å². The fraction of sp³-hybridized carbons (Fsp3) is 0.471. The Balaban J connectivity index is 2.27. The highest BCUT2D eigenvalue weighted by Gasteiger charge is 2.28. The fourth-order valence-electron chi connectivity index (χ4n) is 2.58. The molecule has 1 heterocycles. The lowest BCUT2D eigenvalue weighted by Crippen LogP contribution is -2.15. The first-order valence-corrected chi connectivity index (χ1v) is 7.06. The van der Waals surface area contributed by atoms with E-state index in [4.69, 9.17) is 9.47 Å². The van der Waals surface area contributed by atoms with Crippen LogP contribution in [0.5, 0.6) is 5.75 Å². The van der Waals surface area contributed by atoms with Gasteiger partial charge in [0.2, 0.25) is 0 Å². The summed E-state index contributed by atoms with van der Waals surface area (Å²) in [7, 11) is 1.64. The molecule has 0 spiro atoms. The molecule has 2 rings (SSSR count). The van der Waals surface area contributed by atoms with E-state index >= 15 is 0 Å². The van der Waals surface area contributed by atoms with Gasteiger partial charge in [-0.3, -0.25) is 0 Å². The third kappa shape index (κ3) is 3.21. The Labute approximate surface area is 120 Å². The summed E-state index contributed by atoms with van der Waals surface area (Å²) in [4.78, 5) is 12.0. The molecule has 20 heavy (non-hydrogen) atoms. The molecule has 0 saturated carbocycles. The van der Waals surface area contributed by atoms with Crippen molar-refractivity contribution in [3.8, 4) is 5.75 Å². The van der Waals surface area contributed by atoms with Crippen molar-refractivity contribution >= 4 is 5.97 Å². The molecule has 0 N–H and O–H groups in total. The average Bonchev–Trinajstić information content (AvgIpc) is 2.58. The molecule has 0 unspecified atom stereocenters. The van der Waals surface area contributed by atoms with Crippen LogP contribution >= 0.6 is 0 Å². The molecule has 0 aromatic heterocycles. The number of carbonyl (C=O) groups excluding carboxylic acids is 1. The van der Waals surface area contributed by atoms with Crippen LogP contribution in [-0.2, 0) is 9.53 Å².